The van der Waals surface area contributed by atoms with Crippen molar-refractivity contribution in [1.82, 2.24) is 9.80 Å². The Morgan fingerprint density at radius 3 is 2.32 bits per heavy atom. The number of nitrogens with zero attached hydrogens (tertiary/aromatic N) is 3. The van der Waals surface area contributed by atoms with Gasteiger partial charge in [0.1, 0.15) is 5.75 Å². The first-order chi connectivity index (χ1) is 10.6. The average Bonchev–Trinajstić information content (AvgIpc) is 2.51. The molecule has 1 aromatic carbocycles. The van der Waals surface area contributed by atoms with E-state index in [1.54, 1.807) is 0 Å². The van der Waals surface area contributed by atoms with Crippen LogP contribution in [0.25, 0.3) is 0 Å². The van der Waals surface area contributed by atoms with Gasteiger partial charge in [-0.15, -0.1) is 0 Å². The normalized spacial score (nSPS) is 11.8. The van der Waals surface area contributed by atoms with E-state index in [4.69, 9.17) is 10.5 Å². The van der Waals surface area contributed by atoms with E-state index in [0.717, 1.165) is 44.0 Å². The molecule has 0 aliphatic rings. The van der Waals surface area contributed by atoms with Crippen LogP contribution in [0.1, 0.15) is 25.8 Å². The van der Waals surface area contributed by atoms with E-state index < -0.39 is 0 Å². The van der Waals surface area contributed by atoms with Gasteiger partial charge in [0, 0.05) is 19.6 Å². The Labute approximate surface area is 134 Å². The number of rotatable bonds is 9. The smallest absolute Gasteiger partial charge is 0.191 e. The summed E-state index contributed by atoms with van der Waals surface area (Å²) in [6, 6.07) is 8.07. The molecular weight excluding hydrogens is 276 g/mol. The molecule has 0 fully saturated rings. The predicted molar refractivity (Wildman–Crippen MR) is 93.4 cm³/mol. The zero-order chi connectivity index (χ0) is 16.4. The topological polar surface area (TPSA) is 54.1 Å². The van der Waals surface area contributed by atoms with Crippen LogP contribution in [0.2, 0.25) is 0 Å². The minimum absolute atomic E-state index is 0.600. The third kappa shape index (κ3) is 6.80. The summed E-state index contributed by atoms with van der Waals surface area (Å²) in [5.74, 6) is 1.51. The fourth-order valence-electron chi connectivity index (χ4n) is 2.08. The minimum Gasteiger partial charge on any atom is -0.494 e. The van der Waals surface area contributed by atoms with E-state index >= 15 is 0 Å². The van der Waals surface area contributed by atoms with Crippen LogP contribution in [0, 0.1) is 0 Å². The highest BCUT2D eigenvalue weighted by Gasteiger charge is 2.02. The van der Waals surface area contributed by atoms with Crippen LogP contribution in [0.4, 0.5) is 0 Å². The van der Waals surface area contributed by atoms with Crippen LogP contribution in [0.3, 0.4) is 0 Å². The quantitative estimate of drug-likeness (QED) is 0.431. The van der Waals surface area contributed by atoms with Crippen molar-refractivity contribution in [1.29, 1.82) is 0 Å². The largest absolute Gasteiger partial charge is 0.494 e. The third-order valence-electron chi connectivity index (χ3n) is 3.45. The lowest BCUT2D eigenvalue weighted by atomic mass is 10.2. The Morgan fingerprint density at radius 2 is 1.77 bits per heavy atom. The van der Waals surface area contributed by atoms with E-state index in [9.17, 15) is 0 Å². The maximum absolute atomic E-state index is 5.97. The highest BCUT2D eigenvalue weighted by atomic mass is 16.5. The average molecular weight is 306 g/mol. The van der Waals surface area contributed by atoms with Gasteiger partial charge in [0.05, 0.1) is 13.2 Å². The molecule has 22 heavy (non-hydrogen) atoms. The van der Waals surface area contributed by atoms with Crippen LogP contribution in [-0.4, -0.2) is 56.1 Å². The Morgan fingerprint density at radius 1 is 1.14 bits per heavy atom. The van der Waals surface area contributed by atoms with Gasteiger partial charge < -0.3 is 20.3 Å². The Kier molecular flexibility index (Phi) is 8.36. The van der Waals surface area contributed by atoms with Crippen molar-refractivity contribution in [2.75, 3.05) is 40.3 Å². The van der Waals surface area contributed by atoms with Crippen molar-refractivity contribution >= 4 is 5.96 Å². The summed E-state index contributed by atoms with van der Waals surface area (Å²) < 4.78 is 5.71. The first-order valence-corrected chi connectivity index (χ1v) is 7.98. The summed E-state index contributed by atoms with van der Waals surface area (Å²) in [5, 5.41) is 0. The monoisotopic (exact) mass is 306 g/mol. The molecule has 0 radical (unpaired) electrons. The van der Waals surface area contributed by atoms with Crippen LogP contribution in [0.15, 0.2) is 29.3 Å². The number of hydrogen-bond acceptors (Lipinski definition) is 3. The molecule has 0 heterocycles. The van der Waals surface area contributed by atoms with Gasteiger partial charge >= 0.3 is 0 Å². The number of aliphatic imine (C=N–C) groups is 1. The van der Waals surface area contributed by atoms with E-state index in [2.05, 4.69) is 37.8 Å². The van der Waals surface area contributed by atoms with Gasteiger partial charge in [-0.3, -0.25) is 0 Å². The molecule has 0 saturated carbocycles. The lowest BCUT2D eigenvalue weighted by Crippen LogP contribution is -2.37. The fourth-order valence-corrected chi connectivity index (χ4v) is 2.08. The van der Waals surface area contributed by atoms with Crippen molar-refractivity contribution in [3.8, 4) is 5.75 Å². The third-order valence-corrected chi connectivity index (χ3v) is 3.45. The van der Waals surface area contributed by atoms with Gasteiger partial charge in [-0.25, -0.2) is 4.99 Å². The number of hydrogen-bond donors (Lipinski definition) is 1. The molecule has 0 atom stereocenters. The summed E-state index contributed by atoms with van der Waals surface area (Å²) in [5.41, 5.74) is 7.10. The molecule has 0 unspecified atom stereocenters. The second-order valence-electron chi connectivity index (χ2n) is 5.50. The zero-order valence-electron chi connectivity index (χ0n) is 14.4. The minimum atomic E-state index is 0.600. The number of benzene rings is 1. The van der Waals surface area contributed by atoms with Gasteiger partial charge in [-0.2, -0.15) is 0 Å². The van der Waals surface area contributed by atoms with Crippen LogP contribution >= 0.6 is 0 Å². The van der Waals surface area contributed by atoms with Crippen LogP contribution in [-0.2, 0) is 6.54 Å². The molecule has 0 spiro atoms. The first-order valence-electron chi connectivity index (χ1n) is 7.98. The molecule has 0 saturated heterocycles. The SMILES string of the molecule is CCN(CC)C(N)=NCc1ccc(OCCCN(C)C)cc1. The van der Waals surface area contributed by atoms with Gasteiger partial charge in [0.15, 0.2) is 5.96 Å². The number of nitrogens with two attached hydrogens (primary N) is 1. The van der Waals surface area contributed by atoms with Crippen molar-refractivity contribution in [2.24, 2.45) is 10.7 Å². The molecule has 0 aliphatic carbocycles. The Bertz CT molecular complexity index is 438. The highest BCUT2D eigenvalue weighted by Crippen LogP contribution is 2.13. The standard InChI is InChI=1S/C17H30N4O/c1-5-21(6-2)17(18)19-14-15-8-10-16(11-9-15)22-13-7-12-20(3)4/h8-11H,5-7,12-14H2,1-4H3,(H2,18,19). The predicted octanol–water partition coefficient (Wildman–Crippen LogP) is 2.17. The molecule has 0 aromatic heterocycles. The lowest BCUT2D eigenvalue weighted by Gasteiger charge is -2.19. The molecule has 1 aromatic rings. The molecule has 2 N–H and O–H groups in total. The van der Waals surface area contributed by atoms with Crippen LogP contribution < -0.4 is 10.5 Å². The molecule has 124 valence electrons. The maximum Gasteiger partial charge on any atom is 0.191 e. The van der Waals surface area contributed by atoms with Gasteiger partial charge in [-0.1, -0.05) is 12.1 Å². The zero-order valence-corrected chi connectivity index (χ0v) is 14.4. The van der Waals surface area contributed by atoms with Crippen LogP contribution in [0.5, 0.6) is 5.75 Å². The number of ether oxygens (including phenoxy) is 1. The molecular formula is C17H30N4O. The Hall–Kier alpha value is -1.75. The van der Waals surface area contributed by atoms with E-state index in [-0.39, 0.29) is 0 Å². The molecule has 5 heteroatoms. The van der Waals surface area contributed by atoms with Gasteiger partial charge in [0.2, 0.25) is 0 Å². The summed E-state index contributed by atoms with van der Waals surface area (Å²) in [7, 11) is 4.14. The van der Waals surface area contributed by atoms with E-state index in [0.29, 0.717) is 12.5 Å². The highest BCUT2D eigenvalue weighted by molar-refractivity contribution is 5.77. The summed E-state index contributed by atoms with van der Waals surface area (Å²) in [6.45, 7) is 8.30. The Balaban J connectivity index is 2.43. The molecule has 1 rings (SSSR count). The molecule has 5 nitrogen and oxygen atoms in total. The maximum atomic E-state index is 5.97. The van der Waals surface area contributed by atoms with Crippen molar-refractivity contribution in [3.63, 3.8) is 0 Å². The second-order valence-corrected chi connectivity index (χ2v) is 5.50. The summed E-state index contributed by atoms with van der Waals surface area (Å²) in [4.78, 5) is 8.64. The van der Waals surface area contributed by atoms with Crippen molar-refractivity contribution in [3.05, 3.63) is 29.8 Å². The van der Waals surface area contributed by atoms with Gasteiger partial charge in [0.25, 0.3) is 0 Å². The number of guanidine groups is 1. The van der Waals surface area contributed by atoms with Gasteiger partial charge in [-0.05, 0) is 52.1 Å². The van der Waals surface area contributed by atoms with Crippen molar-refractivity contribution < 1.29 is 4.74 Å². The summed E-state index contributed by atoms with van der Waals surface area (Å²) in [6.07, 6.45) is 1.03. The second kappa shape index (κ2) is 10.1. The molecule has 0 amide bonds. The first kappa shape index (κ1) is 18.3. The fraction of sp³-hybridized carbons (Fsp3) is 0.588. The summed E-state index contributed by atoms with van der Waals surface area (Å²) >= 11 is 0. The molecule has 0 aliphatic heterocycles. The van der Waals surface area contributed by atoms with E-state index in [1.165, 1.54) is 0 Å². The van der Waals surface area contributed by atoms with Crippen molar-refractivity contribution in [2.45, 2.75) is 26.8 Å². The lowest BCUT2D eigenvalue weighted by molar-refractivity contribution is 0.281. The molecule has 0 bridgehead atoms. The van der Waals surface area contributed by atoms with E-state index in [1.807, 2.05) is 29.2 Å².